The Morgan fingerprint density at radius 2 is 2.06 bits per heavy atom. The van der Waals surface area contributed by atoms with E-state index in [9.17, 15) is 13.2 Å². The van der Waals surface area contributed by atoms with Gasteiger partial charge in [0, 0.05) is 25.0 Å². The van der Waals surface area contributed by atoms with Gasteiger partial charge in [0.15, 0.2) is 0 Å². The van der Waals surface area contributed by atoms with Crippen LogP contribution in [0.5, 0.6) is 0 Å². The van der Waals surface area contributed by atoms with Gasteiger partial charge in [-0.25, -0.2) is 0 Å². The Morgan fingerprint density at radius 3 is 2.56 bits per heavy atom. The number of hydrogen-bond donors (Lipinski definition) is 1. The average molecular weight is 257 g/mol. The Labute approximate surface area is 104 Å². The summed E-state index contributed by atoms with van der Waals surface area (Å²) in [6, 6.07) is 5.77. The Balaban J connectivity index is 3.02. The normalized spacial score (nSPS) is 12.9. The first-order valence-electron chi connectivity index (χ1n) is 5.33. The third-order valence-corrected chi connectivity index (χ3v) is 2.55. The van der Waals surface area contributed by atoms with Gasteiger partial charge in [0.05, 0.1) is 17.6 Å². The molecule has 0 aliphatic heterocycles. The van der Waals surface area contributed by atoms with Crippen LogP contribution < -0.4 is 10.6 Å². The maximum Gasteiger partial charge on any atom is 0.418 e. The van der Waals surface area contributed by atoms with Gasteiger partial charge in [0.1, 0.15) is 0 Å². The zero-order valence-electron chi connectivity index (χ0n) is 10.1. The number of nitrogens with zero attached hydrogens (tertiary/aromatic N) is 2. The Hall–Kier alpha value is -1.90. The van der Waals surface area contributed by atoms with Crippen LogP contribution in [0.15, 0.2) is 18.2 Å². The van der Waals surface area contributed by atoms with Crippen molar-refractivity contribution in [2.45, 2.75) is 13.1 Å². The molecule has 2 N–H and O–H groups in total. The van der Waals surface area contributed by atoms with Crippen LogP contribution in [0.4, 0.5) is 24.5 Å². The summed E-state index contributed by atoms with van der Waals surface area (Å²) in [5.41, 5.74) is 4.55. The molecular formula is C12H14F3N3. The third kappa shape index (κ3) is 3.29. The average Bonchev–Trinajstić information content (AvgIpc) is 2.27. The van der Waals surface area contributed by atoms with Gasteiger partial charge in [-0.2, -0.15) is 18.4 Å². The number of anilines is 2. The predicted octanol–water partition coefficient (Wildman–Crippen LogP) is 2.88. The molecule has 6 heteroatoms. The van der Waals surface area contributed by atoms with Crippen molar-refractivity contribution in [3.8, 4) is 6.07 Å². The van der Waals surface area contributed by atoms with Crippen molar-refractivity contribution in [2.24, 2.45) is 5.92 Å². The summed E-state index contributed by atoms with van der Waals surface area (Å²) in [7, 11) is 1.64. The second-order valence-corrected chi connectivity index (χ2v) is 4.18. The summed E-state index contributed by atoms with van der Waals surface area (Å²) in [6.07, 6.45) is -4.47. The fraction of sp³-hybridized carbons (Fsp3) is 0.417. The molecule has 1 aromatic rings. The fourth-order valence-corrected chi connectivity index (χ4v) is 1.58. The van der Waals surface area contributed by atoms with Gasteiger partial charge in [-0.15, -0.1) is 0 Å². The maximum absolute atomic E-state index is 12.7. The molecule has 1 rings (SSSR count). The van der Waals surface area contributed by atoms with E-state index in [2.05, 4.69) is 0 Å². The molecule has 0 amide bonds. The van der Waals surface area contributed by atoms with Crippen LogP contribution in [0.1, 0.15) is 12.5 Å². The molecule has 0 saturated carbocycles. The highest BCUT2D eigenvalue weighted by Gasteiger charge is 2.33. The zero-order chi connectivity index (χ0) is 13.9. The smallest absolute Gasteiger partial charge is 0.398 e. The van der Waals surface area contributed by atoms with E-state index in [0.717, 1.165) is 6.07 Å². The molecule has 98 valence electrons. The minimum absolute atomic E-state index is 0.262. The zero-order valence-corrected chi connectivity index (χ0v) is 10.1. The molecule has 0 fully saturated rings. The van der Waals surface area contributed by atoms with E-state index in [1.54, 1.807) is 18.9 Å². The molecule has 0 saturated heterocycles. The first-order chi connectivity index (χ1) is 8.25. The highest BCUT2D eigenvalue weighted by molar-refractivity contribution is 5.59. The lowest BCUT2D eigenvalue weighted by atomic mass is 10.1. The fourth-order valence-electron chi connectivity index (χ4n) is 1.58. The van der Waals surface area contributed by atoms with Gasteiger partial charge < -0.3 is 10.6 Å². The molecule has 1 aromatic carbocycles. The van der Waals surface area contributed by atoms with E-state index >= 15 is 0 Å². The lowest BCUT2D eigenvalue weighted by molar-refractivity contribution is -0.136. The third-order valence-electron chi connectivity index (χ3n) is 2.55. The van der Waals surface area contributed by atoms with Crippen LogP contribution in [0.2, 0.25) is 0 Å². The molecule has 0 radical (unpaired) electrons. The minimum Gasteiger partial charge on any atom is -0.398 e. The number of nitrogens with two attached hydrogens (primary N) is 1. The first-order valence-corrected chi connectivity index (χ1v) is 5.33. The lowest BCUT2D eigenvalue weighted by Crippen LogP contribution is -2.23. The molecule has 0 aromatic heterocycles. The van der Waals surface area contributed by atoms with Crippen LogP contribution in [0.25, 0.3) is 0 Å². The van der Waals surface area contributed by atoms with Crippen molar-refractivity contribution in [1.82, 2.24) is 0 Å². The summed E-state index contributed by atoms with van der Waals surface area (Å²) in [4.78, 5) is 1.60. The molecule has 3 nitrogen and oxygen atoms in total. The summed E-state index contributed by atoms with van der Waals surface area (Å²) >= 11 is 0. The van der Waals surface area contributed by atoms with Crippen molar-refractivity contribution in [3.05, 3.63) is 23.8 Å². The van der Waals surface area contributed by atoms with Crippen molar-refractivity contribution in [2.75, 3.05) is 24.2 Å². The Morgan fingerprint density at radius 1 is 1.44 bits per heavy atom. The van der Waals surface area contributed by atoms with E-state index in [1.807, 2.05) is 6.07 Å². The monoisotopic (exact) mass is 257 g/mol. The number of hydrogen-bond acceptors (Lipinski definition) is 3. The standard InChI is InChI=1S/C12H14F3N3/c1-8(6-16)7-18(2)9-3-4-11(17)10(5-9)12(13,14)15/h3-5,8H,7,17H2,1-2H3. The van der Waals surface area contributed by atoms with Crippen LogP contribution >= 0.6 is 0 Å². The lowest BCUT2D eigenvalue weighted by Gasteiger charge is -2.22. The predicted molar refractivity (Wildman–Crippen MR) is 63.9 cm³/mol. The SMILES string of the molecule is CC(C#N)CN(C)c1ccc(N)c(C(F)(F)F)c1. The molecule has 0 aliphatic rings. The van der Waals surface area contributed by atoms with E-state index in [4.69, 9.17) is 11.0 Å². The van der Waals surface area contributed by atoms with Crippen LogP contribution in [-0.4, -0.2) is 13.6 Å². The Kier molecular flexibility index (Phi) is 4.07. The van der Waals surface area contributed by atoms with Crippen LogP contribution in [-0.2, 0) is 6.18 Å². The highest BCUT2D eigenvalue weighted by Crippen LogP contribution is 2.35. The number of nitriles is 1. The van der Waals surface area contributed by atoms with E-state index in [-0.39, 0.29) is 11.6 Å². The quantitative estimate of drug-likeness (QED) is 0.847. The van der Waals surface area contributed by atoms with Gasteiger partial charge >= 0.3 is 6.18 Å². The molecule has 1 atom stereocenters. The van der Waals surface area contributed by atoms with Gasteiger partial charge in [0.25, 0.3) is 0 Å². The largest absolute Gasteiger partial charge is 0.418 e. The number of benzene rings is 1. The summed E-state index contributed by atoms with van der Waals surface area (Å²) in [5, 5.41) is 8.68. The molecule has 0 bridgehead atoms. The summed E-state index contributed by atoms with van der Waals surface area (Å²) < 4.78 is 38.0. The van der Waals surface area contributed by atoms with Crippen molar-refractivity contribution >= 4 is 11.4 Å². The molecule has 1 unspecified atom stereocenters. The number of rotatable bonds is 3. The molecule has 0 aliphatic carbocycles. The molecule has 0 heterocycles. The number of alkyl halides is 3. The second-order valence-electron chi connectivity index (χ2n) is 4.18. The highest BCUT2D eigenvalue weighted by atomic mass is 19.4. The molecular weight excluding hydrogens is 243 g/mol. The molecule has 0 spiro atoms. The van der Waals surface area contributed by atoms with Crippen molar-refractivity contribution < 1.29 is 13.2 Å². The van der Waals surface area contributed by atoms with E-state index < -0.39 is 11.7 Å². The van der Waals surface area contributed by atoms with Gasteiger partial charge in [-0.3, -0.25) is 0 Å². The summed E-state index contributed by atoms with van der Waals surface area (Å²) in [5.74, 6) is -0.262. The van der Waals surface area contributed by atoms with Gasteiger partial charge in [-0.05, 0) is 25.1 Å². The van der Waals surface area contributed by atoms with Crippen molar-refractivity contribution in [3.63, 3.8) is 0 Å². The van der Waals surface area contributed by atoms with E-state index in [1.165, 1.54) is 12.1 Å². The van der Waals surface area contributed by atoms with Crippen LogP contribution in [0.3, 0.4) is 0 Å². The van der Waals surface area contributed by atoms with Crippen LogP contribution in [0, 0.1) is 17.2 Å². The molecule has 18 heavy (non-hydrogen) atoms. The Bertz CT molecular complexity index is 463. The minimum atomic E-state index is -4.47. The van der Waals surface area contributed by atoms with Gasteiger partial charge in [0.2, 0.25) is 0 Å². The maximum atomic E-state index is 12.7. The van der Waals surface area contributed by atoms with Gasteiger partial charge in [-0.1, -0.05) is 0 Å². The summed E-state index contributed by atoms with van der Waals surface area (Å²) in [6.45, 7) is 2.07. The second kappa shape index (κ2) is 5.17. The van der Waals surface area contributed by atoms with E-state index in [0.29, 0.717) is 12.2 Å². The first kappa shape index (κ1) is 14.2. The topological polar surface area (TPSA) is 53.0 Å². The number of halogens is 3. The van der Waals surface area contributed by atoms with Crippen molar-refractivity contribution in [1.29, 1.82) is 5.26 Å². The number of nitrogen functional groups attached to an aromatic ring is 1.